The van der Waals surface area contributed by atoms with Gasteiger partial charge in [0.1, 0.15) is 0 Å². The number of rotatable bonds is 9. The summed E-state index contributed by atoms with van der Waals surface area (Å²) < 4.78 is 5.58. The number of hydrogen-bond acceptors (Lipinski definition) is 4. The summed E-state index contributed by atoms with van der Waals surface area (Å²) in [4.78, 5) is 19.8. The van der Waals surface area contributed by atoms with E-state index in [-0.39, 0.29) is 35.4 Å². The summed E-state index contributed by atoms with van der Waals surface area (Å²) in [6, 6.07) is 9.98. The van der Waals surface area contributed by atoms with E-state index in [1.807, 2.05) is 30.3 Å². The standard InChI is InChI=1S/C24H39N5O2.HI/c1-2-25-23(26-14-11-22(30)27-19-21-9-5-3-6-10-21)28-20-24(12-7-4-8-13-24)29-15-17-31-18-16-29;/h3,5-6,9-10H,2,4,7-8,11-20H2,1H3,(H,27,30)(H2,25,26,28);1H. The number of morpholine rings is 1. The first kappa shape index (κ1) is 26.9. The predicted octanol–water partition coefficient (Wildman–Crippen LogP) is 2.90. The first-order valence-corrected chi connectivity index (χ1v) is 11.9. The molecule has 1 amide bonds. The predicted molar refractivity (Wildman–Crippen MR) is 141 cm³/mol. The lowest BCUT2D eigenvalue weighted by atomic mass is 9.80. The van der Waals surface area contributed by atoms with Gasteiger partial charge in [-0.05, 0) is 25.3 Å². The van der Waals surface area contributed by atoms with Gasteiger partial charge in [0, 0.05) is 44.7 Å². The van der Waals surface area contributed by atoms with Gasteiger partial charge in [0.2, 0.25) is 5.91 Å². The van der Waals surface area contributed by atoms with Crippen LogP contribution in [0.5, 0.6) is 0 Å². The minimum absolute atomic E-state index is 0. The maximum absolute atomic E-state index is 12.2. The third-order valence-corrected chi connectivity index (χ3v) is 6.32. The fourth-order valence-electron chi connectivity index (χ4n) is 4.57. The van der Waals surface area contributed by atoms with Crippen LogP contribution in [0.2, 0.25) is 0 Å². The average Bonchev–Trinajstić information content (AvgIpc) is 2.83. The van der Waals surface area contributed by atoms with Crippen molar-refractivity contribution in [3.8, 4) is 0 Å². The minimum atomic E-state index is 0. The third-order valence-electron chi connectivity index (χ3n) is 6.32. The van der Waals surface area contributed by atoms with Gasteiger partial charge in [-0.15, -0.1) is 24.0 Å². The number of carbonyl (C=O) groups excluding carboxylic acids is 1. The molecule has 2 aliphatic rings. The second-order valence-corrected chi connectivity index (χ2v) is 8.52. The quantitative estimate of drug-likeness (QED) is 0.247. The molecule has 8 heteroatoms. The number of hydrogen-bond donors (Lipinski definition) is 3. The maximum Gasteiger partial charge on any atom is 0.222 e. The molecule has 1 heterocycles. The molecule has 180 valence electrons. The fraction of sp³-hybridized carbons (Fsp3) is 0.667. The Bertz CT molecular complexity index is 689. The number of benzene rings is 1. The summed E-state index contributed by atoms with van der Waals surface area (Å²) in [5.74, 6) is 0.848. The number of nitrogens with zero attached hydrogens (tertiary/aromatic N) is 2. The van der Waals surface area contributed by atoms with Crippen LogP contribution in [0, 0.1) is 0 Å². The molecule has 0 atom stereocenters. The summed E-state index contributed by atoms with van der Waals surface area (Å²) in [5.41, 5.74) is 1.26. The lowest BCUT2D eigenvalue weighted by Gasteiger charge is -2.47. The van der Waals surface area contributed by atoms with Crippen LogP contribution >= 0.6 is 24.0 Å². The molecule has 1 aromatic carbocycles. The lowest BCUT2D eigenvalue weighted by Crippen LogP contribution is -2.56. The highest BCUT2D eigenvalue weighted by atomic mass is 127. The topological polar surface area (TPSA) is 78.0 Å². The zero-order valence-electron chi connectivity index (χ0n) is 19.4. The first-order valence-electron chi connectivity index (χ1n) is 11.9. The molecule has 0 radical (unpaired) electrons. The van der Waals surface area contributed by atoms with Crippen LogP contribution in [0.4, 0.5) is 0 Å². The Balaban J connectivity index is 0.00000363. The van der Waals surface area contributed by atoms with E-state index in [2.05, 4.69) is 27.8 Å². The van der Waals surface area contributed by atoms with E-state index < -0.39 is 0 Å². The van der Waals surface area contributed by atoms with Crippen molar-refractivity contribution < 1.29 is 9.53 Å². The molecule has 1 aromatic rings. The molecule has 32 heavy (non-hydrogen) atoms. The average molecular weight is 558 g/mol. The van der Waals surface area contributed by atoms with Gasteiger partial charge in [0.15, 0.2) is 5.96 Å². The van der Waals surface area contributed by atoms with Crippen molar-refractivity contribution in [2.45, 2.75) is 57.5 Å². The number of carbonyl (C=O) groups is 1. The van der Waals surface area contributed by atoms with Gasteiger partial charge in [-0.2, -0.15) is 0 Å². The monoisotopic (exact) mass is 557 g/mol. The van der Waals surface area contributed by atoms with E-state index in [4.69, 9.17) is 9.73 Å². The van der Waals surface area contributed by atoms with Crippen molar-refractivity contribution in [2.75, 3.05) is 45.9 Å². The van der Waals surface area contributed by atoms with Gasteiger partial charge in [-0.25, -0.2) is 0 Å². The van der Waals surface area contributed by atoms with Crippen molar-refractivity contribution in [3.63, 3.8) is 0 Å². The number of ether oxygens (including phenoxy) is 1. The second-order valence-electron chi connectivity index (χ2n) is 8.52. The van der Waals surface area contributed by atoms with Crippen LogP contribution in [0.25, 0.3) is 0 Å². The largest absolute Gasteiger partial charge is 0.379 e. The summed E-state index contributed by atoms with van der Waals surface area (Å²) in [5, 5.41) is 9.66. The van der Waals surface area contributed by atoms with E-state index in [1.54, 1.807) is 0 Å². The molecule has 1 saturated carbocycles. The van der Waals surface area contributed by atoms with E-state index >= 15 is 0 Å². The Morgan fingerprint density at radius 2 is 1.78 bits per heavy atom. The molecule has 1 saturated heterocycles. The van der Waals surface area contributed by atoms with Gasteiger partial charge >= 0.3 is 0 Å². The summed E-state index contributed by atoms with van der Waals surface area (Å²) in [6.07, 6.45) is 6.71. The normalized spacial score (nSPS) is 19.0. The SMILES string of the molecule is CCNC(=NCC1(N2CCOCC2)CCCCC1)NCCC(=O)NCc1ccccc1.I. The lowest BCUT2D eigenvalue weighted by molar-refractivity contribution is -0.121. The van der Waals surface area contributed by atoms with E-state index in [9.17, 15) is 4.79 Å². The van der Waals surface area contributed by atoms with Crippen LogP contribution in [0.1, 0.15) is 51.0 Å². The smallest absolute Gasteiger partial charge is 0.222 e. The first-order chi connectivity index (χ1) is 15.2. The Morgan fingerprint density at radius 1 is 1.06 bits per heavy atom. The fourth-order valence-corrected chi connectivity index (χ4v) is 4.57. The van der Waals surface area contributed by atoms with Crippen LogP contribution in [-0.2, 0) is 16.1 Å². The van der Waals surface area contributed by atoms with Gasteiger partial charge < -0.3 is 20.7 Å². The van der Waals surface area contributed by atoms with Crippen LogP contribution in [-0.4, -0.2) is 68.2 Å². The zero-order chi connectivity index (χ0) is 21.8. The number of amides is 1. The highest BCUT2D eigenvalue weighted by Gasteiger charge is 2.38. The third kappa shape index (κ3) is 8.51. The number of guanidine groups is 1. The molecular weight excluding hydrogens is 517 g/mol. The van der Waals surface area contributed by atoms with Gasteiger partial charge in [0.05, 0.1) is 19.8 Å². The van der Waals surface area contributed by atoms with Crippen molar-refractivity contribution in [1.29, 1.82) is 0 Å². The second kappa shape index (κ2) is 14.7. The molecule has 0 bridgehead atoms. The molecule has 1 aliphatic carbocycles. The Kier molecular flexibility index (Phi) is 12.3. The maximum atomic E-state index is 12.2. The summed E-state index contributed by atoms with van der Waals surface area (Å²) in [6.45, 7) is 8.44. The van der Waals surface area contributed by atoms with Crippen LogP contribution < -0.4 is 16.0 Å². The number of aliphatic imine (C=N–C) groups is 1. The Labute approximate surface area is 210 Å². The molecule has 3 rings (SSSR count). The van der Waals surface area contributed by atoms with Crippen LogP contribution in [0.3, 0.4) is 0 Å². The van der Waals surface area contributed by atoms with Gasteiger partial charge in [0.25, 0.3) is 0 Å². The van der Waals surface area contributed by atoms with Gasteiger partial charge in [-0.3, -0.25) is 14.7 Å². The molecule has 1 aliphatic heterocycles. The molecule has 0 aromatic heterocycles. The molecule has 0 unspecified atom stereocenters. The Morgan fingerprint density at radius 3 is 2.47 bits per heavy atom. The van der Waals surface area contributed by atoms with Gasteiger partial charge in [-0.1, -0.05) is 49.6 Å². The van der Waals surface area contributed by atoms with E-state index in [1.165, 1.54) is 32.1 Å². The zero-order valence-corrected chi connectivity index (χ0v) is 21.7. The van der Waals surface area contributed by atoms with Crippen molar-refractivity contribution in [3.05, 3.63) is 35.9 Å². The van der Waals surface area contributed by atoms with Crippen molar-refractivity contribution >= 4 is 35.8 Å². The minimum Gasteiger partial charge on any atom is -0.379 e. The van der Waals surface area contributed by atoms with E-state index in [0.717, 1.165) is 50.9 Å². The molecular formula is C24H40IN5O2. The summed E-state index contributed by atoms with van der Waals surface area (Å²) >= 11 is 0. The molecule has 2 fully saturated rings. The number of halogens is 1. The van der Waals surface area contributed by atoms with Crippen molar-refractivity contribution in [1.82, 2.24) is 20.9 Å². The highest BCUT2D eigenvalue weighted by Crippen LogP contribution is 2.34. The Hall–Kier alpha value is -1.39. The molecule has 0 spiro atoms. The van der Waals surface area contributed by atoms with Crippen molar-refractivity contribution in [2.24, 2.45) is 4.99 Å². The molecule has 3 N–H and O–H groups in total. The van der Waals surface area contributed by atoms with Crippen LogP contribution in [0.15, 0.2) is 35.3 Å². The number of nitrogens with one attached hydrogen (secondary N) is 3. The highest BCUT2D eigenvalue weighted by molar-refractivity contribution is 14.0. The van der Waals surface area contributed by atoms with E-state index in [0.29, 0.717) is 19.5 Å². The summed E-state index contributed by atoms with van der Waals surface area (Å²) in [7, 11) is 0. The molecule has 7 nitrogen and oxygen atoms in total.